The zero-order chi connectivity index (χ0) is 24.6. The van der Waals surface area contributed by atoms with Gasteiger partial charge in [-0.05, 0) is 44.9 Å². The van der Waals surface area contributed by atoms with Gasteiger partial charge >= 0.3 is 5.97 Å². The number of non-ortho nitro benzene ring substituents is 1. The van der Waals surface area contributed by atoms with Gasteiger partial charge in [0.25, 0.3) is 11.2 Å². The molecule has 0 unspecified atom stereocenters. The highest BCUT2D eigenvalue weighted by Crippen LogP contribution is 2.31. The Morgan fingerprint density at radius 3 is 2.56 bits per heavy atom. The smallest absolute Gasteiger partial charge is 0.338 e. The highest BCUT2D eigenvalue weighted by Gasteiger charge is 2.33. The molecule has 3 aromatic rings. The number of fused-ring (bicyclic) bond motifs is 1. The Kier molecular flexibility index (Phi) is 6.30. The first-order valence-corrected chi connectivity index (χ1v) is 11.5. The maximum atomic E-state index is 13.6. The number of carbonyl (C=O) groups excluding carboxylic acids is 1. The van der Waals surface area contributed by atoms with Crippen molar-refractivity contribution in [2.75, 3.05) is 0 Å². The van der Waals surface area contributed by atoms with Crippen molar-refractivity contribution in [3.8, 4) is 0 Å². The Bertz CT molecular complexity index is 1500. The van der Waals surface area contributed by atoms with Crippen LogP contribution in [0.25, 0.3) is 6.08 Å². The lowest BCUT2D eigenvalue weighted by atomic mass is 9.95. The van der Waals surface area contributed by atoms with Crippen LogP contribution in [0.2, 0.25) is 0 Å². The number of hydrogen-bond donors (Lipinski definition) is 0. The molecule has 0 bridgehead atoms. The van der Waals surface area contributed by atoms with Gasteiger partial charge in [0.15, 0.2) is 4.80 Å². The topological polar surface area (TPSA) is 104 Å². The first kappa shape index (κ1) is 23.3. The molecule has 0 saturated heterocycles. The van der Waals surface area contributed by atoms with E-state index in [0.29, 0.717) is 26.2 Å². The van der Waals surface area contributed by atoms with Crippen LogP contribution in [0, 0.1) is 17.0 Å². The monoisotopic (exact) mass is 477 g/mol. The first-order valence-electron chi connectivity index (χ1n) is 10.7. The van der Waals surface area contributed by atoms with Crippen molar-refractivity contribution in [3.05, 3.63) is 106 Å². The SMILES string of the molecule is CC1=C(C(=O)OC(C)C)[C@H](c2ccc(C)cc2)n2c(s/c(=C\c3cccc([N+](=O)[O-])c3)c2=O)=N1. The number of esters is 1. The highest BCUT2D eigenvalue weighted by atomic mass is 32.1. The number of ether oxygens (including phenoxy) is 1. The maximum absolute atomic E-state index is 13.6. The van der Waals surface area contributed by atoms with Crippen LogP contribution in [-0.2, 0) is 9.53 Å². The van der Waals surface area contributed by atoms with Crippen molar-refractivity contribution in [3.63, 3.8) is 0 Å². The van der Waals surface area contributed by atoms with E-state index in [0.717, 1.165) is 11.1 Å². The average Bonchev–Trinajstić information content (AvgIpc) is 3.07. The molecule has 8 nitrogen and oxygen atoms in total. The van der Waals surface area contributed by atoms with Crippen molar-refractivity contribution in [1.29, 1.82) is 0 Å². The summed E-state index contributed by atoms with van der Waals surface area (Å²) in [5.41, 5.74) is 2.75. The van der Waals surface area contributed by atoms with Crippen molar-refractivity contribution in [1.82, 2.24) is 4.57 Å². The fourth-order valence-electron chi connectivity index (χ4n) is 3.80. The number of carbonyl (C=O) groups is 1. The molecular formula is C25H23N3O5S. The van der Waals surface area contributed by atoms with E-state index in [9.17, 15) is 19.7 Å². The van der Waals surface area contributed by atoms with E-state index < -0.39 is 16.9 Å². The Labute approximate surface area is 199 Å². The lowest BCUT2D eigenvalue weighted by molar-refractivity contribution is -0.384. The van der Waals surface area contributed by atoms with Crippen molar-refractivity contribution < 1.29 is 14.5 Å². The molecule has 0 N–H and O–H groups in total. The van der Waals surface area contributed by atoms with E-state index in [-0.39, 0.29) is 17.4 Å². The number of hydrogen-bond acceptors (Lipinski definition) is 7. The lowest BCUT2D eigenvalue weighted by Gasteiger charge is -2.25. The molecule has 1 atom stereocenters. The molecule has 0 amide bonds. The molecule has 0 fully saturated rings. The number of thiazole rings is 1. The zero-order valence-corrected chi connectivity index (χ0v) is 20.0. The van der Waals surface area contributed by atoms with Crippen LogP contribution >= 0.6 is 11.3 Å². The van der Waals surface area contributed by atoms with E-state index >= 15 is 0 Å². The second-order valence-corrected chi connectivity index (χ2v) is 9.31. The highest BCUT2D eigenvalue weighted by molar-refractivity contribution is 7.07. The molecule has 2 aromatic carbocycles. The molecule has 174 valence electrons. The van der Waals surface area contributed by atoms with E-state index in [1.54, 1.807) is 39.0 Å². The van der Waals surface area contributed by atoms with Crippen LogP contribution < -0.4 is 14.9 Å². The number of aryl methyl sites for hydroxylation is 1. The van der Waals surface area contributed by atoms with Crippen LogP contribution in [0.1, 0.15) is 43.5 Å². The fourth-order valence-corrected chi connectivity index (χ4v) is 4.85. The molecule has 2 heterocycles. The van der Waals surface area contributed by atoms with Gasteiger partial charge in [-0.15, -0.1) is 0 Å². The number of aromatic nitrogens is 1. The van der Waals surface area contributed by atoms with Gasteiger partial charge in [-0.3, -0.25) is 19.5 Å². The predicted octanol–water partition coefficient (Wildman–Crippen LogP) is 3.40. The van der Waals surface area contributed by atoms with Gasteiger partial charge in [0.05, 0.1) is 32.9 Å². The summed E-state index contributed by atoms with van der Waals surface area (Å²) in [5, 5.41) is 11.1. The van der Waals surface area contributed by atoms with Crippen molar-refractivity contribution in [2.45, 2.75) is 39.8 Å². The maximum Gasteiger partial charge on any atom is 0.338 e. The molecule has 1 aliphatic heterocycles. The van der Waals surface area contributed by atoms with Gasteiger partial charge < -0.3 is 4.74 Å². The average molecular weight is 478 g/mol. The van der Waals surface area contributed by atoms with Crippen molar-refractivity contribution >= 4 is 29.1 Å². The molecule has 0 spiro atoms. The molecule has 0 radical (unpaired) electrons. The zero-order valence-electron chi connectivity index (χ0n) is 19.1. The quantitative estimate of drug-likeness (QED) is 0.318. The Balaban J connectivity index is 1.93. The predicted molar refractivity (Wildman–Crippen MR) is 129 cm³/mol. The summed E-state index contributed by atoms with van der Waals surface area (Å²) in [6, 6.07) is 13.0. The number of nitro groups is 1. The molecule has 4 rings (SSSR count). The molecule has 0 aliphatic carbocycles. The van der Waals surface area contributed by atoms with Gasteiger partial charge in [-0.2, -0.15) is 0 Å². The van der Waals surface area contributed by atoms with E-state index in [4.69, 9.17) is 4.74 Å². The number of allylic oxidation sites excluding steroid dienone is 1. The summed E-state index contributed by atoms with van der Waals surface area (Å²) in [4.78, 5) is 42.3. The Hall–Kier alpha value is -3.85. The minimum atomic E-state index is -0.699. The van der Waals surface area contributed by atoms with Crippen LogP contribution in [-0.4, -0.2) is 21.6 Å². The van der Waals surface area contributed by atoms with E-state index in [2.05, 4.69) is 4.99 Å². The van der Waals surface area contributed by atoms with Gasteiger partial charge in [-0.1, -0.05) is 53.3 Å². The second kappa shape index (κ2) is 9.18. The minimum Gasteiger partial charge on any atom is -0.459 e. The molecule has 1 aromatic heterocycles. The van der Waals surface area contributed by atoms with E-state index in [1.807, 2.05) is 31.2 Å². The van der Waals surface area contributed by atoms with E-state index in [1.165, 1.54) is 28.0 Å². The van der Waals surface area contributed by atoms with Crippen LogP contribution in [0.3, 0.4) is 0 Å². The third-order valence-electron chi connectivity index (χ3n) is 5.36. The standard InChI is InChI=1S/C25H23N3O5S/c1-14(2)33-24(30)21-16(4)26-25-27(22(21)18-10-8-15(3)9-11-18)23(29)20(34-25)13-17-6-5-7-19(12-17)28(31)32/h5-14,22H,1-4H3/b20-13-/t22-/m0/s1. The van der Waals surface area contributed by atoms with Gasteiger partial charge in [0.2, 0.25) is 0 Å². The number of nitrogens with zero attached hydrogens (tertiary/aromatic N) is 3. The minimum absolute atomic E-state index is 0.0615. The van der Waals surface area contributed by atoms with Crippen LogP contribution in [0.5, 0.6) is 0 Å². The summed E-state index contributed by atoms with van der Waals surface area (Å²) in [5.74, 6) is -0.519. The number of rotatable bonds is 5. The largest absolute Gasteiger partial charge is 0.459 e. The van der Waals surface area contributed by atoms with Crippen LogP contribution in [0.4, 0.5) is 5.69 Å². The van der Waals surface area contributed by atoms with Gasteiger partial charge in [0.1, 0.15) is 0 Å². The summed E-state index contributed by atoms with van der Waals surface area (Å²) in [6.45, 7) is 7.23. The Morgan fingerprint density at radius 1 is 1.21 bits per heavy atom. The summed E-state index contributed by atoms with van der Waals surface area (Å²) in [6.07, 6.45) is 1.28. The molecule has 9 heteroatoms. The van der Waals surface area contributed by atoms with Gasteiger partial charge in [0, 0.05) is 12.1 Å². The third-order valence-corrected chi connectivity index (χ3v) is 6.34. The number of benzene rings is 2. The summed E-state index contributed by atoms with van der Waals surface area (Å²) >= 11 is 1.18. The Morgan fingerprint density at radius 2 is 1.91 bits per heavy atom. The molecular weight excluding hydrogens is 454 g/mol. The third kappa shape index (κ3) is 4.47. The first-order chi connectivity index (χ1) is 16.2. The molecule has 0 saturated carbocycles. The van der Waals surface area contributed by atoms with Gasteiger partial charge in [-0.25, -0.2) is 9.79 Å². The summed E-state index contributed by atoms with van der Waals surface area (Å²) in [7, 11) is 0. The van der Waals surface area contributed by atoms with Crippen LogP contribution in [0.15, 0.2) is 69.6 Å². The lowest BCUT2D eigenvalue weighted by Crippen LogP contribution is -2.40. The number of nitro benzene ring substituents is 1. The normalized spacial score (nSPS) is 15.8. The molecule has 1 aliphatic rings. The van der Waals surface area contributed by atoms with Crippen molar-refractivity contribution in [2.24, 2.45) is 4.99 Å². The summed E-state index contributed by atoms with van der Waals surface area (Å²) < 4.78 is 7.35. The molecule has 34 heavy (non-hydrogen) atoms. The fraction of sp³-hybridized carbons (Fsp3) is 0.240. The second-order valence-electron chi connectivity index (χ2n) is 8.30.